The second-order valence-corrected chi connectivity index (χ2v) is 10.6. The fourth-order valence-corrected chi connectivity index (χ4v) is 5.70. The van der Waals surface area contributed by atoms with Crippen LogP contribution in [0, 0.1) is 11.8 Å². The highest BCUT2D eigenvalue weighted by Gasteiger charge is 2.45. The van der Waals surface area contributed by atoms with Gasteiger partial charge in [-0.15, -0.1) is 0 Å². The first-order valence-corrected chi connectivity index (χ1v) is 14.4. The molecule has 1 amide bonds. The highest BCUT2D eigenvalue weighted by molar-refractivity contribution is 5.73. The molecule has 0 bridgehead atoms. The summed E-state index contributed by atoms with van der Waals surface area (Å²) in [6.07, 6.45) is 11.2. The van der Waals surface area contributed by atoms with Crippen LogP contribution in [-0.2, 0) is 9.59 Å². The zero-order valence-electron chi connectivity index (χ0n) is 23.8. The molecular formula is C30H50N2O5. The van der Waals surface area contributed by atoms with Gasteiger partial charge in [0, 0.05) is 31.6 Å². The summed E-state index contributed by atoms with van der Waals surface area (Å²) in [6, 6.07) is 5.96. The number of benzene rings is 1. The Morgan fingerprint density at radius 3 is 2.22 bits per heavy atom. The number of likely N-dealkylation sites (tertiary alicyclic amines) is 1. The van der Waals surface area contributed by atoms with Gasteiger partial charge in [-0.3, -0.25) is 9.59 Å². The Bertz CT molecular complexity index is 803. The molecule has 7 heteroatoms. The minimum Gasteiger partial charge on any atom is -0.481 e. The van der Waals surface area contributed by atoms with Crippen molar-refractivity contribution in [1.29, 1.82) is 0 Å². The SMILES string of the molecule is CCCC(CCC)CC1C(C(=O)O)C(c2ccc3c(c2)OCO3)CN1C.CCCCN(C=O)CCCC. The number of rotatable bonds is 15. The number of unbranched alkanes of at least 4 members (excludes halogenated alkanes) is 2. The van der Waals surface area contributed by atoms with Gasteiger partial charge in [-0.1, -0.05) is 72.3 Å². The number of amides is 1. The number of nitrogens with zero attached hydrogens (tertiary/aromatic N) is 2. The lowest BCUT2D eigenvalue weighted by molar-refractivity contribution is -0.143. The second-order valence-electron chi connectivity index (χ2n) is 10.6. The van der Waals surface area contributed by atoms with Crippen LogP contribution in [-0.4, -0.2) is 66.8 Å². The standard InChI is InChI=1S/C21H31NO4.C9H19NO/c1-4-6-14(7-5-2)10-17-20(21(23)24)16(12-22(17)3)15-8-9-18-19(11-15)26-13-25-18;1-3-5-7-10(9-11)8-6-4-2/h8-9,11,14,16-17,20H,4-7,10,12-13H2,1-3H3,(H,23,24);9H,3-8H2,1-2H3. The molecule has 2 aliphatic heterocycles. The second kappa shape index (κ2) is 16.5. The minimum atomic E-state index is -0.686. The Morgan fingerprint density at radius 1 is 1.05 bits per heavy atom. The lowest BCUT2D eigenvalue weighted by atomic mass is 9.80. The summed E-state index contributed by atoms with van der Waals surface area (Å²) in [5.41, 5.74) is 1.04. The first kappa shape index (κ1) is 30.9. The molecule has 3 rings (SSSR count). The van der Waals surface area contributed by atoms with Gasteiger partial charge in [-0.25, -0.2) is 0 Å². The van der Waals surface area contributed by atoms with Gasteiger partial charge in [0.05, 0.1) is 5.92 Å². The van der Waals surface area contributed by atoms with Crippen molar-refractivity contribution in [1.82, 2.24) is 9.80 Å². The minimum absolute atomic E-state index is 0.0131. The van der Waals surface area contributed by atoms with E-state index in [2.05, 4.69) is 39.6 Å². The fourth-order valence-electron chi connectivity index (χ4n) is 5.70. The third kappa shape index (κ3) is 9.20. The molecule has 0 radical (unpaired) electrons. The van der Waals surface area contributed by atoms with Crippen LogP contribution < -0.4 is 9.47 Å². The maximum atomic E-state index is 12.2. The summed E-state index contributed by atoms with van der Waals surface area (Å²) < 4.78 is 10.9. The molecule has 1 fully saturated rings. The zero-order chi connectivity index (χ0) is 27.2. The van der Waals surface area contributed by atoms with Gasteiger partial charge in [0.25, 0.3) is 0 Å². The Morgan fingerprint density at radius 2 is 1.68 bits per heavy atom. The molecule has 1 aromatic carbocycles. The van der Waals surface area contributed by atoms with Gasteiger partial charge in [0.15, 0.2) is 11.5 Å². The topological polar surface area (TPSA) is 79.3 Å². The zero-order valence-corrected chi connectivity index (χ0v) is 23.8. The van der Waals surface area contributed by atoms with Crippen LogP contribution >= 0.6 is 0 Å². The highest BCUT2D eigenvalue weighted by Crippen LogP contribution is 2.43. The number of hydrogen-bond acceptors (Lipinski definition) is 5. The number of aliphatic carboxylic acids is 1. The molecule has 2 aliphatic rings. The predicted octanol–water partition coefficient (Wildman–Crippen LogP) is 6.17. The van der Waals surface area contributed by atoms with Crippen molar-refractivity contribution in [2.45, 2.75) is 97.4 Å². The van der Waals surface area contributed by atoms with Crippen LogP contribution in [0.1, 0.15) is 97.0 Å². The van der Waals surface area contributed by atoms with E-state index in [0.717, 1.165) is 88.1 Å². The Hall–Kier alpha value is -2.28. The molecule has 0 aromatic heterocycles. The quantitative estimate of drug-likeness (QED) is 0.280. The van der Waals surface area contributed by atoms with Crippen LogP contribution in [0.25, 0.3) is 0 Å². The van der Waals surface area contributed by atoms with Gasteiger partial charge in [0.2, 0.25) is 13.2 Å². The Labute approximate surface area is 224 Å². The Kier molecular flexibility index (Phi) is 13.8. The average Bonchev–Trinajstić information content (AvgIpc) is 3.49. The van der Waals surface area contributed by atoms with Crippen LogP contribution in [0.15, 0.2) is 18.2 Å². The van der Waals surface area contributed by atoms with E-state index in [1.54, 1.807) is 0 Å². The summed E-state index contributed by atoms with van der Waals surface area (Å²) in [5.74, 6) is 1.00. The van der Waals surface area contributed by atoms with Crippen LogP contribution in [0.5, 0.6) is 11.5 Å². The fraction of sp³-hybridized carbons (Fsp3) is 0.733. The molecule has 2 heterocycles. The molecule has 7 nitrogen and oxygen atoms in total. The first-order valence-electron chi connectivity index (χ1n) is 14.4. The van der Waals surface area contributed by atoms with Crippen LogP contribution in [0.2, 0.25) is 0 Å². The lowest BCUT2D eigenvalue weighted by Gasteiger charge is -2.28. The molecule has 1 N–H and O–H groups in total. The number of carbonyl (C=O) groups is 2. The third-order valence-electron chi connectivity index (χ3n) is 7.72. The highest BCUT2D eigenvalue weighted by atomic mass is 16.7. The van der Waals surface area contributed by atoms with E-state index in [-0.39, 0.29) is 24.7 Å². The van der Waals surface area contributed by atoms with E-state index in [1.807, 2.05) is 23.1 Å². The van der Waals surface area contributed by atoms with Crippen molar-refractivity contribution < 1.29 is 24.2 Å². The lowest BCUT2D eigenvalue weighted by Crippen LogP contribution is -2.35. The van der Waals surface area contributed by atoms with Gasteiger partial charge < -0.3 is 24.4 Å². The molecule has 210 valence electrons. The van der Waals surface area contributed by atoms with Crippen molar-refractivity contribution in [2.75, 3.05) is 33.5 Å². The van der Waals surface area contributed by atoms with Crippen molar-refractivity contribution in [3.8, 4) is 11.5 Å². The van der Waals surface area contributed by atoms with Gasteiger partial charge in [0.1, 0.15) is 0 Å². The van der Waals surface area contributed by atoms with E-state index >= 15 is 0 Å². The number of hydrogen-bond donors (Lipinski definition) is 1. The number of carboxylic acid groups (broad SMARTS) is 1. The predicted molar refractivity (Wildman–Crippen MR) is 148 cm³/mol. The number of ether oxygens (including phenoxy) is 2. The molecule has 0 spiro atoms. The van der Waals surface area contributed by atoms with Crippen molar-refractivity contribution >= 4 is 12.4 Å². The van der Waals surface area contributed by atoms with Crippen molar-refractivity contribution in [3.63, 3.8) is 0 Å². The normalized spacial score (nSPS) is 20.5. The molecule has 0 saturated carbocycles. The smallest absolute Gasteiger partial charge is 0.308 e. The molecule has 3 unspecified atom stereocenters. The van der Waals surface area contributed by atoms with Gasteiger partial charge in [-0.05, 0) is 49.9 Å². The monoisotopic (exact) mass is 518 g/mol. The maximum Gasteiger partial charge on any atom is 0.308 e. The van der Waals surface area contributed by atoms with E-state index in [1.165, 1.54) is 12.8 Å². The van der Waals surface area contributed by atoms with E-state index in [4.69, 9.17) is 9.47 Å². The summed E-state index contributed by atoms with van der Waals surface area (Å²) in [7, 11) is 2.07. The van der Waals surface area contributed by atoms with Crippen molar-refractivity contribution in [3.05, 3.63) is 23.8 Å². The number of fused-ring (bicyclic) bond motifs is 1. The first-order chi connectivity index (χ1) is 17.9. The summed E-state index contributed by atoms with van der Waals surface area (Å²) in [6.45, 7) is 11.6. The van der Waals surface area contributed by atoms with E-state index in [9.17, 15) is 14.7 Å². The number of likely N-dealkylation sites (N-methyl/N-ethyl adjacent to an activating group) is 1. The van der Waals surface area contributed by atoms with Crippen LogP contribution in [0.4, 0.5) is 0 Å². The van der Waals surface area contributed by atoms with E-state index < -0.39 is 5.97 Å². The molecular weight excluding hydrogens is 468 g/mol. The molecule has 0 aliphatic carbocycles. The average molecular weight is 519 g/mol. The summed E-state index contributed by atoms with van der Waals surface area (Å²) >= 11 is 0. The molecule has 1 aromatic rings. The van der Waals surface area contributed by atoms with Crippen LogP contribution in [0.3, 0.4) is 0 Å². The van der Waals surface area contributed by atoms with E-state index in [0.29, 0.717) is 5.92 Å². The van der Waals surface area contributed by atoms with Gasteiger partial charge in [-0.2, -0.15) is 0 Å². The Balaban J connectivity index is 0.000000371. The van der Waals surface area contributed by atoms with Crippen molar-refractivity contribution in [2.24, 2.45) is 11.8 Å². The molecule has 3 atom stereocenters. The molecule has 37 heavy (non-hydrogen) atoms. The maximum absolute atomic E-state index is 12.2. The number of carboxylic acids is 1. The largest absolute Gasteiger partial charge is 0.481 e. The van der Waals surface area contributed by atoms with Gasteiger partial charge >= 0.3 is 5.97 Å². The third-order valence-corrected chi connectivity index (χ3v) is 7.72. The summed E-state index contributed by atoms with van der Waals surface area (Å²) in [4.78, 5) is 26.8. The summed E-state index contributed by atoms with van der Waals surface area (Å²) in [5, 5.41) is 10.0. The number of carbonyl (C=O) groups excluding carboxylic acids is 1. The molecule has 1 saturated heterocycles.